The molecule has 0 heterocycles. The molecule has 0 spiro atoms. The first kappa shape index (κ1) is 13.6. The summed E-state index contributed by atoms with van der Waals surface area (Å²) in [5.41, 5.74) is 8.24. The summed E-state index contributed by atoms with van der Waals surface area (Å²) in [6.45, 7) is 2.14. The Bertz CT molecular complexity index is 492. The third kappa shape index (κ3) is 3.15. The molecular formula is C15H21N3O. The van der Waals surface area contributed by atoms with Crippen LogP contribution in [-0.2, 0) is 0 Å². The molecule has 0 aromatic heterocycles. The van der Waals surface area contributed by atoms with Crippen LogP contribution < -0.4 is 15.8 Å². The van der Waals surface area contributed by atoms with Crippen molar-refractivity contribution in [3.8, 4) is 5.75 Å². The highest BCUT2D eigenvalue weighted by Crippen LogP contribution is 2.31. The molecule has 0 radical (unpaired) electrons. The van der Waals surface area contributed by atoms with E-state index >= 15 is 0 Å². The standard InChI is InChI=1S/C15H21N3O/c1-10(18-13-4-5-13)14-6-3-11(7-15(14)19-2)12(8-16)9-17/h3,6-10,13,16,18H,4-5,17H2,1-2H3/b12-9+,16-8?. The first-order chi connectivity index (χ1) is 9.19. The molecule has 4 heteroatoms. The van der Waals surface area contributed by atoms with Crippen LogP contribution in [0.3, 0.4) is 0 Å². The molecule has 1 saturated carbocycles. The molecule has 0 saturated heterocycles. The first-order valence-corrected chi connectivity index (χ1v) is 6.56. The molecule has 1 fully saturated rings. The van der Waals surface area contributed by atoms with E-state index in [0.717, 1.165) is 16.9 Å². The molecule has 1 atom stereocenters. The van der Waals surface area contributed by atoms with Gasteiger partial charge in [0.1, 0.15) is 5.75 Å². The minimum absolute atomic E-state index is 0.266. The number of nitrogens with two attached hydrogens (primary N) is 1. The fourth-order valence-corrected chi connectivity index (χ4v) is 2.17. The van der Waals surface area contributed by atoms with E-state index in [2.05, 4.69) is 12.2 Å². The minimum atomic E-state index is 0.266. The average molecular weight is 259 g/mol. The van der Waals surface area contributed by atoms with Crippen molar-refractivity contribution in [1.82, 2.24) is 5.32 Å². The van der Waals surface area contributed by atoms with E-state index in [9.17, 15) is 0 Å². The third-order valence-electron chi connectivity index (χ3n) is 3.43. The second kappa shape index (κ2) is 5.89. The summed E-state index contributed by atoms with van der Waals surface area (Å²) in [5.74, 6) is 0.833. The van der Waals surface area contributed by atoms with Gasteiger partial charge in [-0.05, 0) is 31.4 Å². The largest absolute Gasteiger partial charge is 0.496 e. The lowest BCUT2D eigenvalue weighted by Gasteiger charge is -2.18. The van der Waals surface area contributed by atoms with Gasteiger partial charge in [0, 0.05) is 35.6 Å². The lowest BCUT2D eigenvalue weighted by atomic mass is 10.0. The molecule has 19 heavy (non-hydrogen) atoms. The molecule has 1 unspecified atom stereocenters. The normalized spacial score (nSPS) is 17.1. The fourth-order valence-electron chi connectivity index (χ4n) is 2.17. The van der Waals surface area contributed by atoms with Crippen LogP contribution in [0.1, 0.15) is 36.9 Å². The molecule has 1 aliphatic carbocycles. The monoisotopic (exact) mass is 259 g/mol. The first-order valence-electron chi connectivity index (χ1n) is 6.56. The molecule has 1 aliphatic rings. The Hall–Kier alpha value is -1.81. The van der Waals surface area contributed by atoms with E-state index in [1.807, 2.05) is 18.2 Å². The van der Waals surface area contributed by atoms with Gasteiger partial charge < -0.3 is 21.2 Å². The molecule has 2 rings (SSSR count). The second-order valence-electron chi connectivity index (χ2n) is 4.89. The van der Waals surface area contributed by atoms with Crippen molar-refractivity contribution in [2.45, 2.75) is 31.8 Å². The van der Waals surface area contributed by atoms with Gasteiger partial charge in [-0.15, -0.1) is 0 Å². The van der Waals surface area contributed by atoms with Gasteiger partial charge in [0.15, 0.2) is 0 Å². The zero-order valence-electron chi connectivity index (χ0n) is 11.4. The molecule has 0 bridgehead atoms. The Morgan fingerprint density at radius 3 is 2.79 bits per heavy atom. The smallest absolute Gasteiger partial charge is 0.124 e. The van der Waals surface area contributed by atoms with Crippen molar-refractivity contribution in [3.05, 3.63) is 35.5 Å². The summed E-state index contributed by atoms with van der Waals surface area (Å²) in [4.78, 5) is 0. The molecule has 4 nitrogen and oxygen atoms in total. The van der Waals surface area contributed by atoms with Crippen molar-refractivity contribution >= 4 is 11.8 Å². The van der Waals surface area contributed by atoms with E-state index in [-0.39, 0.29) is 6.04 Å². The quantitative estimate of drug-likeness (QED) is 0.687. The highest BCUT2D eigenvalue weighted by Gasteiger charge is 2.24. The van der Waals surface area contributed by atoms with Gasteiger partial charge in [0.05, 0.1) is 7.11 Å². The number of benzene rings is 1. The Morgan fingerprint density at radius 2 is 2.26 bits per heavy atom. The van der Waals surface area contributed by atoms with E-state index in [1.54, 1.807) is 7.11 Å². The predicted octanol–water partition coefficient (Wildman–Crippen LogP) is 2.46. The maximum atomic E-state index is 7.34. The molecule has 102 valence electrons. The molecule has 4 N–H and O–H groups in total. The van der Waals surface area contributed by atoms with E-state index in [1.165, 1.54) is 25.3 Å². The number of hydrogen-bond donors (Lipinski definition) is 3. The van der Waals surface area contributed by atoms with E-state index in [0.29, 0.717) is 11.6 Å². The molecule has 0 aliphatic heterocycles. The predicted molar refractivity (Wildman–Crippen MR) is 78.5 cm³/mol. The molecular weight excluding hydrogens is 238 g/mol. The maximum absolute atomic E-state index is 7.34. The summed E-state index contributed by atoms with van der Waals surface area (Å²) < 4.78 is 5.47. The van der Waals surface area contributed by atoms with Crippen LogP contribution in [0.2, 0.25) is 0 Å². The van der Waals surface area contributed by atoms with Crippen molar-refractivity contribution in [2.75, 3.05) is 7.11 Å². The van der Waals surface area contributed by atoms with Gasteiger partial charge in [0.25, 0.3) is 0 Å². The van der Waals surface area contributed by atoms with Crippen LogP contribution in [-0.4, -0.2) is 19.4 Å². The number of nitrogens with one attached hydrogen (secondary N) is 2. The zero-order chi connectivity index (χ0) is 13.8. The lowest BCUT2D eigenvalue weighted by molar-refractivity contribution is 0.401. The van der Waals surface area contributed by atoms with Crippen LogP contribution in [0.5, 0.6) is 5.75 Å². The number of methoxy groups -OCH3 is 1. The molecule has 1 aromatic carbocycles. The third-order valence-corrected chi connectivity index (χ3v) is 3.43. The summed E-state index contributed by atoms with van der Waals surface area (Å²) >= 11 is 0. The van der Waals surface area contributed by atoms with Gasteiger partial charge in [-0.25, -0.2) is 0 Å². The van der Waals surface area contributed by atoms with Gasteiger partial charge in [-0.2, -0.15) is 0 Å². The van der Waals surface area contributed by atoms with Gasteiger partial charge in [0.2, 0.25) is 0 Å². The van der Waals surface area contributed by atoms with Crippen molar-refractivity contribution < 1.29 is 4.74 Å². The lowest BCUT2D eigenvalue weighted by Crippen LogP contribution is -2.21. The Balaban J connectivity index is 2.27. The van der Waals surface area contributed by atoms with Crippen LogP contribution in [0, 0.1) is 5.41 Å². The van der Waals surface area contributed by atoms with E-state index < -0.39 is 0 Å². The number of rotatable bonds is 6. The Kier molecular flexibility index (Phi) is 4.22. The zero-order valence-corrected chi connectivity index (χ0v) is 11.4. The van der Waals surface area contributed by atoms with Crippen LogP contribution >= 0.6 is 0 Å². The highest BCUT2D eigenvalue weighted by atomic mass is 16.5. The minimum Gasteiger partial charge on any atom is -0.496 e. The summed E-state index contributed by atoms with van der Waals surface area (Å²) in [6.07, 6.45) is 5.21. The summed E-state index contributed by atoms with van der Waals surface area (Å²) in [6, 6.07) is 6.88. The van der Waals surface area contributed by atoms with Crippen molar-refractivity contribution in [1.29, 1.82) is 5.41 Å². The highest BCUT2D eigenvalue weighted by molar-refractivity contribution is 6.08. The van der Waals surface area contributed by atoms with Crippen molar-refractivity contribution in [2.24, 2.45) is 5.73 Å². The Morgan fingerprint density at radius 1 is 1.53 bits per heavy atom. The van der Waals surface area contributed by atoms with Crippen molar-refractivity contribution in [3.63, 3.8) is 0 Å². The van der Waals surface area contributed by atoms with Gasteiger partial charge >= 0.3 is 0 Å². The van der Waals surface area contributed by atoms with E-state index in [4.69, 9.17) is 15.9 Å². The molecule has 0 amide bonds. The number of allylic oxidation sites excluding steroid dienone is 1. The van der Waals surface area contributed by atoms with Gasteiger partial charge in [-0.1, -0.05) is 12.1 Å². The summed E-state index contributed by atoms with van der Waals surface area (Å²) in [5, 5.41) is 10.9. The van der Waals surface area contributed by atoms with Crippen LogP contribution in [0.4, 0.5) is 0 Å². The molecule has 1 aromatic rings. The Labute approximate surface area is 114 Å². The van der Waals surface area contributed by atoms with Gasteiger partial charge in [-0.3, -0.25) is 0 Å². The van der Waals surface area contributed by atoms with Crippen LogP contribution in [0.15, 0.2) is 24.4 Å². The second-order valence-corrected chi connectivity index (χ2v) is 4.89. The fraction of sp³-hybridized carbons (Fsp3) is 0.400. The summed E-state index contributed by atoms with van der Waals surface area (Å²) in [7, 11) is 1.67. The van der Waals surface area contributed by atoms with Crippen LogP contribution in [0.25, 0.3) is 5.57 Å². The topological polar surface area (TPSA) is 71.1 Å². The SMILES string of the molecule is COc1cc(/C(C=N)=C/N)ccc1C(C)NC1CC1. The number of ether oxygens (including phenoxy) is 1. The average Bonchev–Trinajstić information content (AvgIpc) is 3.23. The number of hydrogen-bond acceptors (Lipinski definition) is 4. The maximum Gasteiger partial charge on any atom is 0.124 e.